The molecule has 2 aliphatic rings. The van der Waals surface area contributed by atoms with Gasteiger partial charge < -0.3 is 10.1 Å². The first kappa shape index (κ1) is 11.0. The maximum absolute atomic E-state index is 5.70. The lowest BCUT2D eigenvalue weighted by Crippen LogP contribution is -2.27. The molecular weight excluding hydrogens is 212 g/mol. The van der Waals surface area contributed by atoms with Crippen LogP contribution in [0.4, 0.5) is 0 Å². The average molecular weight is 232 g/mol. The van der Waals surface area contributed by atoms with Gasteiger partial charge in [0.25, 0.3) is 0 Å². The predicted molar refractivity (Wildman–Crippen MR) is 67.3 cm³/mol. The van der Waals surface area contributed by atoms with Crippen LogP contribution in [0.1, 0.15) is 37.3 Å². The van der Waals surface area contributed by atoms with Crippen LogP contribution < -0.4 is 10.1 Å². The van der Waals surface area contributed by atoms with E-state index < -0.39 is 0 Å². The molecule has 3 rings (SSSR count). The summed E-state index contributed by atoms with van der Waals surface area (Å²) in [5, 5.41) is 3.38. The number of hydrogen-bond acceptors (Lipinski definition) is 3. The zero-order valence-electron chi connectivity index (χ0n) is 10.2. The van der Waals surface area contributed by atoms with Crippen LogP contribution in [0.3, 0.4) is 0 Å². The molecule has 1 aliphatic carbocycles. The Morgan fingerprint density at radius 1 is 1.18 bits per heavy atom. The zero-order valence-corrected chi connectivity index (χ0v) is 10.2. The van der Waals surface area contributed by atoms with Crippen LogP contribution >= 0.6 is 0 Å². The Hall–Kier alpha value is -1.09. The monoisotopic (exact) mass is 232 g/mol. The second kappa shape index (κ2) is 5.05. The van der Waals surface area contributed by atoms with Crippen LogP contribution in [0.5, 0.6) is 5.75 Å². The smallest absolute Gasteiger partial charge is 0.137 e. The standard InChI is InChI=1S/C14H20N2O/c1-2-11(1)10-17-13-3-4-14(16-9-13)12-5-7-15-8-6-12/h3-4,9,11-12,15H,1-2,5-8,10H2. The van der Waals surface area contributed by atoms with Crippen LogP contribution in [0, 0.1) is 5.92 Å². The molecule has 92 valence electrons. The van der Waals surface area contributed by atoms with Gasteiger partial charge in [0.15, 0.2) is 0 Å². The molecule has 3 nitrogen and oxygen atoms in total. The minimum atomic E-state index is 0.633. The number of nitrogens with zero attached hydrogens (tertiary/aromatic N) is 1. The molecule has 1 N–H and O–H groups in total. The molecule has 0 spiro atoms. The lowest BCUT2D eigenvalue weighted by Gasteiger charge is -2.22. The summed E-state index contributed by atoms with van der Waals surface area (Å²) in [5.41, 5.74) is 1.23. The topological polar surface area (TPSA) is 34.2 Å². The summed E-state index contributed by atoms with van der Waals surface area (Å²) < 4.78 is 5.70. The van der Waals surface area contributed by atoms with Crippen molar-refractivity contribution in [3.8, 4) is 5.75 Å². The number of hydrogen-bond donors (Lipinski definition) is 1. The first-order valence-corrected chi connectivity index (χ1v) is 6.71. The maximum atomic E-state index is 5.70. The van der Waals surface area contributed by atoms with E-state index in [2.05, 4.69) is 22.4 Å². The van der Waals surface area contributed by atoms with Gasteiger partial charge >= 0.3 is 0 Å². The van der Waals surface area contributed by atoms with E-state index in [1.165, 1.54) is 31.4 Å². The normalized spacial score (nSPS) is 21.4. The number of pyridine rings is 1. The van der Waals surface area contributed by atoms with Crippen molar-refractivity contribution in [3.63, 3.8) is 0 Å². The van der Waals surface area contributed by atoms with E-state index >= 15 is 0 Å². The van der Waals surface area contributed by atoms with E-state index in [0.29, 0.717) is 5.92 Å². The molecule has 0 atom stereocenters. The molecule has 2 fully saturated rings. The molecule has 0 bridgehead atoms. The summed E-state index contributed by atoms with van der Waals surface area (Å²) in [6, 6.07) is 4.21. The highest BCUT2D eigenvalue weighted by molar-refractivity contribution is 5.22. The summed E-state index contributed by atoms with van der Waals surface area (Å²) in [5.74, 6) is 2.36. The third-order valence-electron chi connectivity index (χ3n) is 3.70. The number of rotatable bonds is 4. The molecule has 0 aromatic carbocycles. The average Bonchev–Trinajstić information content (AvgIpc) is 3.22. The van der Waals surface area contributed by atoms with E-state index in [-0.39, 0.29) is 0 Å². The van der Waals surface area contributed by atoms with Crippen LogP contribution in [-0.2, 0) is 0 Å². The van der Waals surface area contributed by atoms with E-state index in [9.17, 15) is 0 Å². The molecule has 17 heavy (non-hydrogen) atoms. The molecular formula is C14H20N2O. The molecule has 1 saturated heterocycles. The molecule has 0 unspecified atom stereocenters. The van der Waals surface area contributed by atoms with Crippen molar-refractivity contribution in [1.82, 2.24) is 10.3 Å². The molecule has 1 saturated carbocycles. The van der Waals surface area contributed by atoms with Gasteiger partial charge in [0, 0.05) is 11.6 Å². The quantitative estimate of drug-likeness (QED) is 0.865. The molecule has 3 heteroatoms. The minimum absolute atomic E-state index is 0.633. The summed E-state index contributed by atoms with van der Waals surface area (Å²) in [6.45, 7) is 3.10. The predicted octanol–water partition coefficient (Wildman–Crippen LogP) is 2.34. The zero-order chi connectivity index (χ0) is 11.5. The molecule has 1 aromatic heterocycles. The Balaban J connectivity index is 1.58. The van der Waals surface area contributed by atoms with E-state index in [0.717, 1.165) is 31.4 Å². The highest BCUT2D eigenvalue weighted by Gasteiger charge is 2.22. The van der Waals surface area contributed by atoms with Crippen molar-refractivity contribution in [2.24, 2.45) is 5.92 Å². The largest absolute Gasteiger partial charge is 0.492 e. The lowest BCUT2D eigenvalue weighted by atomic mass is 9.94. The molecule has 0 radical (unpaired) electrons. The number of aromatic nitrogens is 1. The first-order chi connectivity index (χ1) is 8.42. The third-order valence-corrected chi connectivity index (χ3v) is 3.70. The van der Waals surface area contributed by atoms with E-state index in [4.69, 9.17) is 4.74 Å². The second-order valence-electron chi connectivity index (χ2n) is 5.20. The van der Waals surface area contributed by atoms with Crippen molar-refractivity contribution >= 4 is 0 Å². The maximum Gasteiger partial charge on any atom is 0.137 e. The molecule has 1 aromatic rings. The van der Waals surface area contributed by atoms with Gasteiger partial charge in [-0.25, -0.2) is 0 Å². The van der Waals surface area contributed by atoms with Gasteiger partial charge in [-0.1, -0.05) is 0 Å². The Morgan fingerprint density at radius 3 is 2.65 bits per heavy atom. The molecule has 0 amide bonds. The fraction of sp³-hybridized carbons (Fsp3) is 0.643. The minimum Gasteiger partial charge on any atom is -0.492 e. The fourth-order valence-electron chi connectivity index (χ4n) is 2.33. The van der Waals surface area contributed by atoms with E-state index in [1.807, 2.05) is 6.20 Å². The molecule has 1 aliphatic heterocycles. The lowest BCUT2D eigenvalue weighted by molar-refractivity contribution is 0.298. The fourth-order valence-corrected chi connectivity index (χ4v) is 2.33. The van der Waals surface area contributed by atoms with Crippen LogP contribution in [0.2, 0.25) is 0 Å². The SMILES string of the molecule is c1cc(C2CCNCC2)ncc1OCC1CC1. The summed E-state index contributed by atoms with van der Waals surface area (Å²) >= 11 is 0. The molecule has 2 heterocycles. The second-order valence-corrected chi connectivity index (χ2v) is 5.20. The van der Waals surface area contributed by atoms with Gasteiger partial charge in [-0.05, 0) is 56.8 Å². The highest BCUT2D eigenvalue weighted by atomic mass is 16.5. The van der Waals surface area contributed by atoms with Crippen LogP contribution in [0.15, 0.2) is 18.3 Å². The number of nitrogens with one attached hydrogen (secondary N) is 1. The summed E-state index contributed by atoms with van der Waals surface area (Å²) in [7, 11) is 0. The van der Waals surface area contributed by atoms with Crippen molar-refractivity contribution in [2.75, 3.05) is 19.7 Å². The Labute approximate surface area is 103 Å². The van der Waals surface area contributed by atoms with Gasteiger partial charge in [-0.2, -0.15) is 0 Å². The Bertz CT molecular complexity index is 353. The first-order valence-electron chi connectivity index (χ1n) is 6.71. The Morgan fingerprint density at radius 2 is 2.00 bits per heavy atom. The van der Waals surface area contributed by atoms with Crippen molar-refractivity contribution < 1.29 is 4.74 Å². The van der Waals surface area contributed by atoms with E-state index in [1.54, 1.807) is 0 Å². The van der Waals surface area contributed by atoms with Gasteiger partial charge in [0.2, 0.25) is 0 Å². The summed E-state index contributed by atoms with van der Waals surface area (Å²) in [4.78, 5) is 4.55. The van der Waals surface area contributed by atoms with Crippen LogP contribution in [-0.4, -0.2) is 24.7 Å². The van der Waals surface area contributed by atoms with Crippen molar-refractivity contribution in [2.45, 2.75) is 31.6 Å². The van der Waals surface area contributed by atoms with Crippen LogP contribution in [0.25, 0.3) is 0 Å². The van der Waals surface area contributed by atoms with Gasteiger partial charge in [0.1, 0.15) is 5.75 Å². The Kier molecular flexibility index (Phi) is 3.27. The van der Waals surface area contributed by atoms with Gasteiger partial charge in [-0.3, -0.25) is 4.98 Å². The number of piperidine rings is 1. The van der Waals surface area contributed by atoms with Gasteiger partial charge in [0.05, 0.1) is 12.8 Å². The summed E-state index contributed by atoms with van der Waals surface area (Å²) in [6.07, 6.45) is 6.96. The third kappa shape index (κ3) is 2.97. The van der Waals surface area contributed by atoms with Crippen molar-refractivity contribution in [3.05, 3.63) is 24.0 Å². The number of ether oxygens (including phenoxy) is 1. The van der Waals surface area contributed by atoms with Crippen molar-refractivity contribution in [1.29, 1.82) is 0 Å². The highest BCUT2D eigenvalue weighted by Crippen LogP contribution is 2.30. The van der Waals surface area contributed by atoms with Gasteiger partial charge in [-0.15, -0.1) is 0 Å².